The van der Waals surface area contributed by atoms with Crippen LogP contribution in [0.1, 0.15) is 54.6 Å². The molecule has 1 fully saturated rings. The molecule has 1 amide bonds. The molecule has 0 unspecified atom stereocenters. The van der Waals surface area contributed by atoms with Crippen molar-refractivity contribution in [3.8, 4) is 11.8 Å². The molecule has 1 aliphatic heterocycles. The second-order valence-electron chi connectivity index (χ2n) is 12.7. The quantitative estimate of drug-likeness (QED) is 0.163. The first-order chi connectivity index (χ1) is 23.2. The summed E-state index contributed by atoms with van der Waals surface area (Å²) in [6.45, 7) is 5.09. The number of methoxy groups -OCH3 is 1. The summed E-state index contributed by atoms with van der Waals surface area (Å²) in [6.07, 6.45) is 0.288. The van der Waals surface area contributed by atoms with Gasteiger partial charge in [-0.25, -0.2) is 13.6 Å². The maximum absolute atomic E-state index is 15.9. The van der Waals surface area contributed by atoms with Crippen molar-refractivity contribution in [3.05, 3.63) is 93.0 Å². The predicted molar refractivity (Wildman–Crippen MR) is 180 cm³/mol. The number of nitriles is 1. The van der Waals surface area contributed by atoms with Gasteiger partial charge in [-0.2, -0.15) is 5.26 Å². The number of nitrogens with one attached hydrogen (secondary N) is 2. The molecule has 14 heteroatoms. The van der Waals surface area contributed by atoms with Crippen molar-refractivity contribution in [1.29, 1.82) is 5.26 Å². The number of benzene rings is 3. The average Bonchev–Trinajstić information content (AvgIpc) is 3.37. The Morgan fingerprint density at radius 1 is 1.06 bits per heavy atom. The average molecular weight is 718 g/mol. The number of rotatable bonds is 11. The number of carbonyl (C=O) groups is 3. The molecule has 260 valence electrons. The third-order valence-corrected chi connectivity index (χ3v) is 8.70. The Bertz CT molecular complexity index is 1780. The molecule has 1 heterocycles. The van der Waals surface area contributed by atoms with Crippen molar-refractivity contribution >= 4 is 46.7 Å². The van der Waals surface area contributed by atoms with E-state index in [0.717, 1.165) is 6.07 Å². The normalized spacial score (nSPS) is 20.3. The summed E-state index contributed by atoms with van der Waals surface area (Å²) in [7, 11) is 1.33. The number of nitrogens with zero attached hydrogens (tertiary/aromatic N) is 1. The number of carbonyl (C=O) groups excluding carboxylic acids is 3. The third kappa shape index (κ3) is 8.13. The third-order valence-electron chi connectivity index (χ3n) is 8.17. The highest BCUT2D eigenvalue weighted by Crippen LogP contribution is 2.53. The lowest BCUT2D eigenvalue weighted by molar-refractivity contribution is -0.143. The first kappa shape index (κ1) is 37.5. The molecule has 0 aromatic heterocycles. The van der Waals surface area contributed by atoms with Crippen LogP contribution in [0.4, 0.5) is 14.5 Å². The van der Waals surface area contributed by atoms with Crippen molar-refractivity contribution in [2.24, 2.45) is 11.1 Å². The van der Waals surface area contributed by atoms with E-state index in [2.05, 4.69) is 16.7 Å². The minimum Gasteiger partial charge on any atom is -0.495 e. The summed E-state index contributed by atoms with van der Waals surface area (Å²) in [4.78, 5) is 38.1. The summed E-state index contributed by atoms with van der Waals surface area (Å²) in [5.74, 6) is -4.92. The van der Waals surface area contributed by atoms with Crippen molar-refractivity contribution in [1.82, 2.24) is 5.32 Å². The zero-order chi connectivity index (χ0) is 36.1. The number of hydrogen-bond donors (Lipinski definition) is 3. The van der Waals surface area contributed by atoms with Crippen LogP contribution in [0.15, 0.2) is 54.6 Å². The smallest absolute Gasteiger partial charge is 0.338 e. The molecular formula is C35H36Cl2F2N4O6. The first-order valence-electron chi connectivity index (χ1n) is 15.2. The molecule has 4 rings (SSSR count). The van der Waals surface area contributed by atoms with Crippen molar-refractivity contribution < 1.29 is 37.4 Å². The number of hydrogen-bond acceptors (Lipinski definition) is 9. The van der Waals surface area contributed by atoms with E-state index < -0.39 is 58.3 Å². The van der Waals surface area contributed by atoms with Crippen LogP contribution in [0.25, 0.3) is 0 Å². The van der Waals surface area contributed by atoms with Gasteiger partial charge < -0.3 is 30.6 Å². The SMILES string of the molecule is COc1cc(C(=O)OCCOC(=O)CN)ccc1NC(=O)[C@@H]1N[C@@H](CC(C)(C)C)[C@](C#N)(c2ccc(Cl)cc2F)[C@H]1c1cccc(Cl)c1F. The van der Waals surface area contributed by atoms with Crippen LogP contribution < -0.4 is 21.1 Å². The number of amides is 1. The van der Waals surface area contributed by atoms with E-state index in [1.54, 1.807) is 0 Å². The summed E-state index contributed by atoms with van der Waals surface area (Å²) in [5, 5.41) is 16.9. The number of halogens is 4. The molecule has 0 radical (unpaired) electrons. The fourth-order valence-corrected chi connectivity index (χ4v) is 6.46. The Morgan fingerprint density at radius 2 is 1.78 bits per heavy atom. The Labute approximate surface area is 292 Å². The number of nitrogens with two attached hydrogens (primary N) is 1. The molecule has 0 saturated carbocycles. The van der Waals surface area contributed by atoms with Crippen LogP contribution in [0.2, 0.25) is 10.0 Å². The van der Waals surface area contributed by atoms with E-state index in [0.29, 0.717) is 0 Å². The topological polar surface area (TPSA) is 153 Å². The largest absolute Gasteiger partial charge is 0.495 e. The van der Waals surface area contributed by atoms with Gasteiger partial charge in [0, 0.05) is 22.5 Å². The Morgan fingerprint density at radius 3 is 2.41 bits per heavy atom. The lowest BCUT2D eigenvalue weighted by Crippen LogP contribution is -2.45. The number of anilines is 1. The van der Waals surface area contributed by atoms with Gasteiger partial charge in [-0.15, -0.1) is 0 Å². The summed E-state index contributed by atoms with van der Waals surface area (Å²) < 4.78 is 47.2. The van der Waals surface area contributed by atoms with E-state index in [4.69, 9.17) is 43.1 Å². The molecular weight excluding hydrogens is 681 g/mol. The molecule has 3 aromatic carbocycles. The van der Waals surface area contributed by atoms with Gasteiger partial charge in [-0.1, -0.05) is 62.2 Å². The molecule has 0 spiro atoms. The van der Waals surface area contributed by atoms with Gasteiger partial charge in [0.2, 0.25) is 5.91 Å². The van der Waals surface area contributed by atoms with Gasteiger partial charge in [0.1, 0.15) is 36.0 Å². The monoisotopic (exact) mass is 716 g/mol. The molecule has 49 heavy (non-hydrogen) atoms. The van der Waals surface area contributed by atoms with E-state index in [1.807, 2.05) is 20.8 Å². The van der Waals surface area contributed by atoms with Crippen LogP contribution in [0.3, 0.4) is 0 Å². The first-order valence-corrected chi connectivity index (χ1v) is 16.0. The Hall–Kier alpha value is -4.28. The van der Waals surface area contributed by atoms with Gasteiger partial charge in [0.15, 0.2) is 0 Å². The van der Waals surface area contributed by atoms with E-state index in [-0.39, 0.29) is 64.4 Å². The van der Waals surface area contributed by atoms with Gasteiger partial charge in [0.25, 0.3) is 0 Å². The molecule has 3 aromatic rings. The Kier molecular flexibility index (Phi) is 11.9. The highest BCUT2D eigenvalue weighted by atomic mass is 35.5. The predicted octanol–water partition coefficient (Wildman–Crippen LogP) is 5.90. The second-order valence-corrected chi connectivity index (χ2v) is 13.5. The van der Waals surface area contributed by atoms with Crippen molar-refractivity contribution in [3.63, 3.8) is 0 Å². The van der Waals surface area contributed by atoms with Gasteiger partial charge in [-0.05, 0) is 53.8 Å². The fourth-order valence-electron chi connectivity index (χ4n) is 6.12. The van der Waals surface area contributed by atoms with E-state index >= 15 is 8.78 Å². The van der Waals surface area contributed by atoms with Crippen molar-refractivity contribution in [2.75, 3.05) is 32.2 Å². The van der Waals surface area contributed by atoms with Crippen LogP contribution in [-0.2, 0) is 24.5 Å². The number of esters is 2. The van der Waals surface area contributed by atoms with Crippen LogP contribution in [-0.4, -0.2) is 56.8 Å². The van der Waals surface area contributed by atoms with Crippen LogP contribution in [0.5, 0.6) is 5.75 Å². The maximum Gasteiger partial charge on any atom is 0.338 e. The van der Waals surface area contributed by atoms with Gasteiger partial charge in [-0.3, -0.25) is 9.59 Å². The number of ether oxygens (including phenoxy) is 3. The molecule has 0 bridgehead atoms. The molecule has 1 saturated heterocycles. The lowest BCUT2D eigenvalue weighted by Gasteiger charge is -2.37. The van der Waals surface area contributed by atoms with Crippen molar-refractivity contribution in [2.45, 2.75) is 50.6 Å². The summed E-state index contributed by atoms with van der Waals surface area (Å²) in [6, 6.07) is 12.4. The Balaban J connectivity index is 1.76. The highest BCUT2D eigenvalue weighted by molar-refractivity contribution is 6.31. The molecule has 0 aliphatic carbocycles. The molecule has 10 nitrogen and oxygen atoms in total. The van der Waals surface area contributed by atoms with Gasteiger partial charge in [0.05, 0.1) is 42.0 Å². The standard InChI is InChI=1S/C35H36Cl2F2N4O6/c1-34(2,3)16-27-35(18-41,22-10-9-20(36)15-24(22)38)29(21-6-5-7-23(37)30(21)39)31(43-27)32(45)42-25-11-8-19(14-26(25)47-4)33(46)49-13-12-48-28(44)17-40/h5-11,14-15,27,29,31,43H,12-13,16-17,40H2,1-4H3,(H,42,45)/t27-,29-,31+,35-/m0/s1. The van der Waals surface area contributed by atoms with E-state index in [1.165, 1.54) is 55.6 Å². The molecule has 4 atom stereocenters. The minimum absolute atomic E-state index is 0.0564. The lowest BCUT2D eigenvalue weighted by atomic mass is 9.62. The summed E-state index contributed by atoms with van der Waals surface area (Å²) in [5.41, 5.74) is 3.04. The second kappa shape index (κ2) is 15.5. The molecule has 1 aliphatic rings. The van der Waals surface area contributed by atoms with Crippen LogP contribution >= 0.6 is 23.2 Å². The maximum atomic E-state index is 15.9. The highest BCUT2D eigenvalue weighted by Gasteiger charge is 2.61. The zero-order valence-corrected chi connectivity index (χ0v) is 28.8. The molecule has 4 N–H and O–H groups in total. The zero-order valence-electron chi connectivity index (χ0n) is 27.2. The summed E-state index contributed by atoms with van der Waals surface area (Å²) >= 11 is 12.3. The van der Waals surface area contributed by atoms with Gasteiger partial charge >= 0.3 is 11.9 Å². The van der Waals surface area contributed by atoms with Crippen LogP contribution in [0, 0.1) is 28.4 Å². The fraction of sp³-hybridized carbons (Fsp3) is 0.371. The van der Waals surface area contributed by atoms with E-state index in [9.17, 15) is 19.6 Å². The minimum atomic E-state index is -1.81.